The van der Waals surface area contributed by atoms with Crippen LogP contribution < -0.4 is 14.9 Å². The molecule has 198 valence electrons. The number of nitrogens with zero attached hydrogens (tertiary/aromatic N) is 3. The summed E-state index contributed by atoms with van der Waals surface area (Å²) in [6.07, 6.45) is 1.56. The second kappa shape index (κ2) is 10.8. The zero-order valence-corrected chi connectivity index (χ0v) is 23.7. The van der Waals surface area contributed by atoms with Gasteiger partial charge in [0.05, 0.1) is 38.9 Å². The number of halogens is 2. The quantitative estimate of drug-likeness (QED) is 0.161. The molecule has 4 aromatic rings. The molecular formula is C27H19BrClN3O6S. The van der Waals surface area contributed by atoms with E-state index in [0.29, 0.717) is 41.4 Å². The standard InChI is InChI=1S/C27H19BrClN3O6S/c1-3-37-26(34)23-14(2)30-27-31(24(23)15-4-7-17(29)8-5-15)25(33)22(39-27)13-18-9-11-21(38-18)19-10-6-16(28)12-20(19)32(35)36/h4-13,24H,3H2,1-2H3/b22-13-/t24-/m1/s1. The van der Waals surface area contributed by atoms with E-state index in [1.165, 1.54) is 10.6 Å². The molecule has 39 heavy (non-hydrogen) atoms. The fourth-order valence-electron chi connectivity index (χ4n) is 4.32. The fourth-order valence-corrected chi connectivity index (χ4v) is 5.82. The Morgan fingerprint density at radius 2 is 2.00 bits per heavy atom. The third-order valence-corrected chi connectivity index (χ3v) is 7.75. The van der Waals surface area contributed by atoms with Crippen molar-refractivity contribution < 1.29 is 18.9 Å². The van der Waals surface area contributed by atoms with Crippen molar-refractivity contribution in [2.45, 2.75) is 19.9 Å². The van der Waals surface area contributed by atoms with Gasteiger partial charge in [0, 0.05) is 21.6 Å². The zero-order valence-electron chi connectivity index (χ0n) is 20.5. The predicted molar refractivity (Wildman–Crippen MR) is 150 cm³/mol. The molecule has 1 aliphatic heterocycles. The van der Waals surface area contributed by atoms with Crippen LogP contribution in [0.5, 0.6) is 0 Å². The molecule has 2 aromatic carbocycles. The first-order valence-electron chi connectivity index (χ1n) is 11.7. The summed E-state index contributed by atoms with van der Waals surface area (Å²) >= 11 is 10.5. The van der Waals surface area contributed by atoms with Crippen LogP contribution in [0.1, 0.15) is 31.2 Å². The number of rotatable bonds is 6. The van der Waals surface area contributed by atoms with E-state index >= 15 is 0 Å². The van der Waals surface area contributed by atoms with E-state index in [0.717, 1.165) is 11.3 Å². The van der Waals surface area contributed by atoms with E-state index in [2.05, 4.69) is 20.9 Å². The maximum absolute atomic E-state index is 13.7. The Hall–Kier alpha value is -3.80. The van der Waals surface area contributed by atoms with Crippen LogP contribution in [0, 0.1) is 10.1 Å². The lowest BCUT2D eigenvalue weighted by molar-refractivity contribution is -0.384. The van der Waals surface area contributed by atoms with E-state index < -0.39 is 16.9 Å². The molecule has 2 aromatic heterocycles. The van der Waals surface area contributed by atoms with Crippen molar-refractivity contribution in [3.8, 4) is 11.3 Å². The minimum atomic E-state index is -0.766. The lowest BCUT2D eigenvalue weighted by Crippen LogP contribution is -2.39. The molecule has 0 radical (unpaired) electrons. The molecule has 1 aliphatic rings. The number of hydrogen-bond acceptors (Lipinski definition) is 8. The molecule has 0 fully saturated rings. The van der Waals surface area contributed by atoms with E-state index in [1.54, 1.807) is 68.5 Å². The monoisotopic (exact) mass is 627 g/mol. The van der Waals surface area contributed by atoms with Crippen molar-refractivity contribution in [1.82, 2.24) is 4.57 Å². The summed E-state index contributed by atoms with van der Waals surface area (Å²) in [5.74, 6) is 0.0595. The Balaban J connectivity index is 1.63. The molecule has 0 saturated carbocycles. The van der Waals surface area contributed by atoms with Gasteiger partial charge in [-0.25, -0.2) is 9.79 Å². The highest BCUT2D eigenvalue weighted by Gasteiger charge is 2.33. The Morgan fingerprint density at radius 1 is 1.26 bits per heavy atom. The number of hydrogen-bond donors (Lipinski definition) is 0. The number of carbonyl (C=O) groups is 1. The van der Waals surface area contributed by atoms with Crippen LogP contribution in [0.3, 0.4) is 0 Å². The minimum Gasteiger partial charge on any atom is -0.463 e. The van der Waals surface area contributed by atoms with Gasteiger partial charge in [0.1, 0.15) is 11.5 Å². The molecule has 9 nitrogen and oxygen atoms in total. The number of nitro benzene ring substituents is 1. The van der Waals surface area contributed by atoms with Gasteiger partial charge < -0.3 is 9.15 Å². The summed E-state index contributed by atoms with van der Waals surface area (Å²) in [5.41, 5.74) is 1.20. The maximum atomic E-state index is 13.7. The van der Waals surface area contributed by atoms with Gasteiger partial charge in [-0.05, 0) is 55.8 Å². The molecule has 0 N–H and O–H groups in total. The Morgan fingerprint density at radius 3 is 2.69 bits per heavy atom. The Labute approximate surface area is 238 Å². The van der Waals surface area contributed by atoms with Crippen molar-refractivity contribution in [2.24, 2.45) is 4.99 Å². The zero-order chi connectivity index (χ0) is 27.8. The average molecular weight is 629 g/mol. The number of furan rings is 1. The van der Waals surface area contributed by atoms with Crippen molar-refractivity contribution in [3.05, 3.63) is 116 Å². The molecule has 0 bridgehead atoms. The maximum Gasteiger partial charge on any atom is 0.338 e. The van der Waals surface area contributed by atoms with Gasteiger partial charge in [-0.15, -0.1) is 0 Å². The van der Waals surface area contributed by atoms with Crippen molar-refractivity contribution >= 4 is 56.6 Å². The van der Waals surface area contributed by atoms with E-state index in [1.807, 2.05) is 0 Å². The highest BCUT2D eigenvalue weighted by molar-refractivity contribution is 9.10. The lowest BCUT2D eigenvalue weighted by Gasteiger charge is -2.24. The normalized spacial score (nSPS) is 15.2. The number of allylic oxidation sites excluding steroid dienone is 1. The topological polar surface area (TPSA) is 117 Å². The van der Waals surface area contributed by atoms with Crippen molar-refractivity contribution in [1.29, 1.82) is 0 Å². The molecule has 5 rings (SSSR count). The van der Waals surface area contributed by atoms with E-state index in [4.69, 9.17) is 20.8 Å². The predicted octanol–water partition coefficient (Wildman–Crippen LogP) is 5.38. The molecule has 0 spiro atoms. The number of esters is 1. The summed E-state index contributed by atoms with van der Waals surface area (Å²) in [6.45, 7) is 3.59. The molecule has 0 unspecified atom stereocenters. The van der Waals surface area contributed by atoms with Crippen LogP contribution in [0.15, 0.2) is 84.5 Å². The number of aromatic nitrogens is 1. The number of fused-ring (bicyclic) bond motifs is 1. The van der Waals surface area contributed by atoms with Gasteiger partial charge in [0.15, 0.2) is 4.80 Å². The molecule has 0 aliphatic carbocycles. The largest absolute Gasteiger partial charge is 0.463 e. The van der Waals surface area contributed by atoms with Gasteiger partial charge >= 0.3 is 5.97 Å². The van der Waals surface area contributed by atoms with Gasteiger partial charge in [-0.1, -0.05) is 51.0 Å². The van der Waals surface area contributed by atoms with Gasteiger partial charge in [-0.3, -0.25) is 19.5 Å². The highest BCUT2D eigenvalue weighted by Crippen LogP contribution is 2.34. The molecule has 0 saturated heterocycles. The Kier molecular flexibility index (Phi) is 7.39. The highest BCUT2D eigenvalue weighted by atomic mass is 79.9. The van der Waals surface area contributed by atoms with Crippen LogP contribution in [-0.2, 0) is 9.53 Å². The summed E-state index contributed by atoms with van der Waals surface area (Å²) in [6, 6.07) is 14.0. The van der Waals surface area contributed by atoms with Crippen LogP contribution in [0.4, 0.5) is 5.69 Å². The number of ether oxygens (including phenoxy) is 1. The third-order valence-electron chi connectivity index (χ3n) is 6.02. The van der Waals surface area contributed by atoms with Crippen molar-refractivity contribution in [3.63, 3.8) is 0 Å². The summed E-state index contributed by atoms with van der Waals surface area (Å²) < 4.78 is 13.5. The van der Waals surface area contributed by atoms with E-state index in [-0.39, 0.29) is 29.2 Å². The van der Waals surface area contributed by atoms with Gasteiger partial charge in [0.25, 0.3) is 11.2 Å². The van der Waals surface area contributed by atoms with Gasteiger partial charge in [0.2, 0.25) is 0 Å². The van der Waals surface area contributed by atoms with Crippen LogP contribution in [0.25, 0.3) is 17.4 Å². The first kappa shape index (κ1) is 26.8. The molecule has 1 atom stereocenters. The van der Waals surface area contributed by atoms with Crippen molar-refractivity contribution in [2.75, 3.05) is 6.61 Å². The average Bonchev–Trinajstić information content (AvgIpc) is 3.48. The van der Waals surface area contributed by atoms with E-state index in [9.17, 15) is 19.7 Å². The smallest absolute Gasteiger partial charge is 0.338 e. The molecule has 12 heteroatoms. The molecular weight excluding hydrogens is 610 g/mol. The fraction of sp³-hybridized carbons (Fsp3) is 0.148. The minimum absolute atomic E-state index is 0.116. The first-order valence-corrected chi connectivity index (χ1v) is 13.7. The molecule has 3 heterocycles. The second-order valence-electron chi connectivity index (χ2n) is 8.47. The number of benzene rings is 2. The molecule has 0 amide bonds. The SMILES string of the molecule is CCOC(=O)C1=C(C)N=c2s/c(=C\c3ccc(-c4ccc(Br)cc4[N+](=O)[O-])o3)c(=O)n2[C@@H]1c1ccc(Cl)cc1. The second-order valence-corrected chi connectivity index (χ2v) is 10.8. The first-order chi connectivity index (χ1) is 18.7. The number of carbonyl (C=O) groups excluding carboxylic acids is 1. The summed E-state index contributed by atoms with van der Waals surface area (Å²) in [4.78, 5) is 42.7. The summed E-state index contributed by atoms with van der Waals surface area (Å²) in [5, 5.41) is 12.1. The Bertz CT molecular complexity index is 1840. The lowest BCUT2D eigenvalue weighted by atomic mass is 9.96. The van der Waals surface area contributed by atoms with Crippen LogP contribution >= 0.6 is 38.9 Å². The third kappa shape index (κ3) is 5.12. The number of nitro groups is 1. The number of thiazole rings is 1. The van der Waals surface area contributed by atoms with Crippen LogP contribution in [-0.4, -0.2) is 22.1 Å². The van der Waals surface area contributed by atoms with Crippen LogP contribution in [0.2, 0.25) is 5.02 Å². The van der Waals surface area contributed by atoms with Gasteiger partial charge in [-0.2, -0.15) is 0 Å². The summed E-state index contributed by atoms with van der Waals surface area (Å²) in [7, 11) is 0.